The van der Waals surface area contributed by atoms with E-state index in [0.29, 0.717) is 5.69 Å². The first-order valence-electron chi connectivity index (χ1n) is 5.65. The fraction of sp³-hybridized carbons (Fsp3) is 0. The smallest absolute Gasteiger partial charge is 0.0624 e. The van der Waals surface area contributed by atoms with Gasteiger partial charge in [0.05, 0.1) is 5.69 Å². The summed E-state index contributed by atoms with van der Waals surface area (Å²) in [5.41, 5.74) is 10.8. The molecule has 3 aromatic rings. The molecule has 3 aromatic carbocycles. The Morgan fingerprint density at radius 2 is 1.35 bits per heavy atom. The van der Waals surface area contributed by atoms with Crippen LogP contribution in [-0.2, 0) is 0 Å². The molecule has 3 rings (SSSR count). The molecule has 0 unspecified atom stereocenters. The molecule has 0 saturated heterocycles. The molecule has 0 atom stereocenters. The lowest BCUT2D eigenvalue weighted by Crippen LogP contribution is -1.84. The molecular weight excluding hydrogens is 206 g/mol. The van der Waals surface area contributed by atoms with Crippen LogP contribution in [0.15, 0.2) is 66.7 Å². The zero-order chi connectivity index (χ0) is 11.7. The lowest BCUT2D eigenvalue weighted by molar-refractivity contribution is 1.49. The van der Waals surface area contributed by atoms with Crippen LogP contribution in [-0.4, -0.2) is 0 Å². The minimum absolute atomic E-state index is 0.579. The molecular formula is C16H12N. The van der Waals surface area contributed by atoms with Gasteiger partial charge in [-0.05, 0) is 22.4 Å². The van der Waals surface area contributed by atoms with Crippen LogP contribution in [0.2, 0.25) is 0 Å². The molecule has 1 radical (unpaired) electrons. The highest BCUT2D eigenvalue weighted by atomic mass is 14.6. The largest absolute Gasteiger partial charge is 0.300 e. The van der Waals surface area contributed by atoms with Gasteiger partial charge in [0.1, 0.15) is 0 Å². The van der Waals surface area contributed by atoms with Crippen molar-refractivity contribution in [2.24, 2.45) is 0 Å². The second-order valence-electron chi connectivity index (χ2n) is 4.08. The van der Waals surface area contributed by atoms with Crippen molar-refractivity contribution in [2.75, 3.05) is 0 Å². The van der Waals surface area contributed by atoms with Gasteiger partial charge in [-0.25, -0.2) is 0 Å². The Labute approximate surface area is 101 Å². The summed E-state index contributed by atoms with van der Waals surface area (Å²) in [6, 6.07) is 22.2. The van der Waals surface area contributed by atoms with Gasteiger partial charge in [0.25, 0.3) is 0 Å². The quantitative estimate of drug-likeness (QED) is 0.577. The standard InChI is InChI=1S/C16H12N/c17-15-11-10-12-6-4-5-9-14(12)16(15)13-7-2-1-3-8-13/h1-11,17H. The Bertz CT molecular complexity index is 657. The third-order valence-electron chi connectivity index (χ3n) is 2.99. The minimum atomic E-state index is 0.579. The molecule has 17 heavy (non-hydrogen) atoms. The maximum atomic E-state index is 8.09. The molecule has 0 aliphatic rings. The number of nitrogens with one attached hydrogen (secondary N) is 1. The van der Waals surface area contributed by atoms with Gasteiger partial charge in [-0.15, -0.1) is 0 Å². The highest BCUT2D eigenvalue weighted by Crippen LogP contribution is 2.34. The second kappa shape index (κ2) is 3.95. The van der Waals surface area contributed by atoms with E-state index in [0.717, 1.165) is 16.5 Å². The van der Waals surface area contributed by atoms with E-state index in [2.05, 4.69) is 24.3 Å². The normalized spacial score (nSPS) is 10.6. The summed E-state index contributed by atoms with van der Waals surface area (Å²) < 4.78 is 0. The number of rotatable bonds is 1. The molecule has 0 aliphatic heterocycles. The third kappa shape index (κ3) is 1.66. The summed E-state index contributed by atoms with van der Waals surface area (Å²) in [4.78, 5) is 0. The van der Waals surface area contributed by atoms with Gasteiger partial charge < -0.3 is 5.73 Å². The molecule has 0 spiro atoms. The van der Waals surface area contributed by atoms with Crippen LogP contribution in [0.4, 0.5) is 5.69 Å². The van der Waals surface area contributed by atoms with E-state index in [9.17, 15) is 0 Å². The van der Waals surface area contributed by atoms with E-state index in [4.69, 9.17) is 5.73 Å². The monoisotopic (exact) mass is 218 g/mol. The van der Waals surface area contributed by atoms with E-state index in [1.54, 1.807) is 0 Å². The summed E-state index contributed by atoms with van der Waals surface area (Å²) in [6.07, 6.45) is 0. The Balaban J connectivity index is 2.39. The Morgan fingerprint density at radius 3 is 2.18 bits per heavy atom. The molecule has 1 heteroatoms. The fourth-order valence-electron chi connectivity index (χ4n) is 2.19. The Kier molecular flexibility index (Phi) is 2.30. The summed E-state index contributed by atoms with van der Waals surface area (Å²) in [5.74, 6) is 0. The first-order chi connectivity index (χ1) is 8.36. The SMILES string of the molecule is [NH]c1ccc2ccccc2c1-c1ccccc1. The molecule has 1 N–H and O–H groups in total. The van der Waals surface area contributed by atoms with Gasteiger partial charge >= 0.3 is 0 Å². The Hall–Kier alpha value is -2.28. The van der Waals surface area contributed by atoms with E-state index in [1.165, 1.54) is 5.39 Å². The average molecular weight is 218 g/mol. The topological polar surface area (TPSA) is 23.8 Å². The first kappa shape index (κ1) is 9.91. The van der Waals surface area contributed by atoms with Crippen molar-refractivity contribution in [1.82, 2.24) is 5.73 Å². The maximum absolute atomic E-state index is 8.09. The number of benzene rings is 3. The van der Waals surface area contributed by atoms with Crippen LogP contribution >= 0.6 is 0 Å². The molecule has 0 fully saturated rings. The lowest BCUT2D eigenvalue weighted by atomic mass is 9.97. The highest BCUT2D eigenvalue weighted by molar-refractivity contribution is 6.01. The van der Waals surface area contributed by atoms with Crippen molar-refractivity contribution in [3.63, 3.8) is 0 Å². The number of fused-ring (bicyclic) bond motifs is 1. The van der Waals surface area contributed by atoms with Gasteiger partial charge in [-0.1, -0.05) is 60.7 Å². The van der Waals surface area contributed by atoms with Crippen molar-refractivity contribution in [2.45, 2.75) is 0 Å². The van der Waals surface area contributed by atoms with Gasteiger partial charge in [0.2, 0.25) is 0 Å². The summed E-state index contributed by atoms with van der Waals surface area (Å²) in [6.45, 7) is 0. The second-order valence-corrected chi connectivity index (χ2v) is 4.08. The zero-order valence-corrected chi connectivity index (χ0v) is 9.35. The molecule has 0 saturated carbocycles. The molecule has 0 heterocycles. The zero-order valence-electron chi connectivity index (χ0n) is 9.35. The number of hydrogen-bond acceptors (Lipinski definition) is 0. The van der Waals surface area contributed by atoms with Crippen LogP contribution in [0.5, 0.6) is 0 Å². The molecule has 1 nitrogen and oxygen atoms in total. The van der Waals surface area contributed by atoms with Crippen LogP contribution in [0, 0.1) is 0 Å². The first-order valence-corrected chi connectivity index (χ1v) is 5.65. The predicted octanol–water partition coefficient (Wildman–Crippen LogP) is 4.42. The van der Waals surface area contributed by atoms with E-state index in [1.807, 2.05) is 42.5 Å². The van der Waals surface area contributed by atoms with Crippen LogP contribution in [0.1, 0.15) is 0 Å². The van der Waals surface area contributed by atoms with Crippen molar-refractivity contribution in [3.8, 4) is 11.1 Å². The van der Waals surface area contributed by atoms with Crippen molar-refractivity contribution in [3.05, 3.63) is 66.7 Å². The van der Waals surface area contributed by atoms with Crippen molar-refractivity contribution >= 4 is 16.5 Å². The van der Waals surface area contributed by atoms with Gasteiger partial charge in [0.15, 0.2) is 0 Å². The molecule has 0 bridgehead atoms. The van der Waals surface area contributed by atoms with Gasteiger partial charge in [-0.2, -0.15) is 0 Å². The van der Waals surface area contributed by atoms with Crippen molar-refractivity contribution < 1.29 is 0 Å². The third-order valence-corrected chi connectivity index (χ3v) is 2.99. The molecule has 0 amide bonds. The van der Waals surface area contributed by atoms with E-state index < -0.39 is 0 Å². The summed E-state index contributed by atoms with van der Waals surface area (Å²) in [7, 11) is 0. The highest BCUT2D eigenvalue weighted by Gasteiger charge is 2.07. The maximum Gasteiger partial charge on any atom is 0.0624 e. The summed E-state index contributed by atoms with van der Waals surface area (Å²) in [5, 5.41) is 2.33. The number of hydrogen-bond donors (Lipinski definition) is 0. The van der Waals surface area contributed by atoms with Crippen LogP contribution in [0.3, 0.4) is 0 Å². The predicted molar refractivity (Wildman–Crippen MR) is 72.1 cm³/mol. The summed E-state index contributed by atoms with van der Waals surface area (Å²) >= 11 is 0. The van der Waals surface area contributed by atoms with Crippen LogP contribution in [0.25, 0.3) is 21.9 Å². The minimum Gasteiger partial charge on any atom is -0.300 e. The van der Waals surface area contributed by atoms with Crippen LogP contribution < -0.4 is 5.73 Å². The Morgan fingerprint density at radius 1 is 0.647 bits per heavy atom. The molecule has 81 valence electrons. The lowest BCUT2D eigenvalue weighted by Gasteiger charge is -2.09. The molecule has 0 aromatic heterocycles. The fourth-order valence-corrected chi connectivity index (χ4v) is 2.19. The van der Waals surface area contributed by atoms with Crippen molar-refractivity contribution in [1.29, 1.82) is 0 Å². The average Bonchev–Trinajstić information content (AvgIpc) is 2.39. The van der Waals surface area contributed by atoms with E-state index in [-0.39, 0.29) is 0 Å². The molecule has 0 aliphatic carbocycles. The van der Waals surface area contributed by atoms with Gasteiger partial charge in [0, 0.05) is 5.56 Å². The van der Waals surface area contributed by atoms with E-state index >= 15 is 0 Å². The van der Waals surface area contributed by atoms with Gasteiger partial charge in [-0.3, -0.25) is 0 Å².